The Labute approximate surface area is 121 Å². The molecule has 0 amide bonds. The number of nitrogens with one attached hydrogen (secondary N) is 2. The Morgan fingerprint density at radius 1 is 1.53 bits per heavy atom. The number of hydrogen-bond acceptors (Lipinski definition) is 6. The molecule has 2 rings (SSSR count). The van der Waals surface area contributed by atoms with Crippen molar-refractivity contribution >= 4 is 43.6 Å². The van der Waals surface area contributed by atoms with E-state index in [1.54, 1.807) is 6.08 Å². The third-order valence-corrected chi connectivity index (χ3v) is 5.16. The topological polar surface area (TPSA) is 84.0 Å². The van der Waals surface area contributed by atoms with Crippen LogP contribution in [0.1, 0.15) is 24.8 Å². The molecule has 1 aromatic rings. The Balaban J connectivity index is 1.89. The highest BCUT2D eigenvalue weighted by Gasteiger charge is 2.22. The van der Waals surface area contributed by atoms with Crippen molar-refractivity contribution in [1.82, 2.24) is 15.5 Å². The molecule has 1 aromatic heterocycles. The number of thiocarbonyl (C=S) groups is 1. The van der Waals surface area contributed by atoms with Gasteiger partial charge in [0.2, 0.25) is 5.13 Å². The molecule has 0 unspecified atom stereocenters. The van der Waals surface area contributed by atoms with E-state index in [-0.39, 0.29) is 11.8 Å². The van der Waals surface area contributed by atoms with E-state index in [2.05, 4.69) is 20.8 Å². The monoisotopic (exact) mass is 318 g/mol. The van der Waals surface area contributed by atoms with Gasteiger partial charge in [-0.25, -0.2) is 8.42 Å². The lowest BCUT2D eigenvalue weighted by Gasteiger charge is -2.12. The van der Waals surface area contributed by atoms with Gasteiger partial charge in [-0.15, -0.1) is 10.2 Å². The molecule has 0 bridgehead atoms. The van der Waals surface area contributed by atoms with Gasteiger partial charge in [0.1, 0.15) is 5.01 Å². The van der Waals surface area contributed by atoms with Gasteiger partial charge in [0.05, 0.1) is 11.8 Å². The van der Waals surface area contributed by atoms with Gasteiger partial charge in [0.15, 0.2) is 14.9 Å². The second-order valence-electron chi connectivity index (χ2n) is 4.46. The molecule has 1 aliphatic rings. The average Bonchev–Trinajstić information content (AvgIpc) is 2.85. The lowest BCUT2D eigenvalue weighted by atomic mass is 10.2. The second-order valence-corrected chi connectivity index (χ2v) is 7.81. The van der Waals surface area contributed by atoms with Crippen molar-refractivity contribution < 1.29 is 8.42 Å². The van der Waals surface area contributed by atoms with E-state index >= 15 is 0 Å². The van der Waals surface area contributed by atoms with Crippen molar-refractivity contribution in [3.8, 4) is 0 Å². The molecule has 9 heteroatoms. The van der Waals surface area contributed by atoms with Gasteiger partial charge >= 0.3 is 0 Å². The van der Waals surface area contributed by atoms with Crippen molar-refractivity contribution in [2.24, 2.45) is 0 Å². The molecule has 1 atom stereocenters. The summed E-state index contributed by atoms with van der Waals surface area (Å²) >= 11 is 6.54. The Bertz CT molecular complexity index is 606. The fourth-order valence-corrected chi connectivity index (χ4v) is 3.78. The quantitative estimate of drug-likeness (QED) is 0.812. The molecular formula is C10H14N4O2S3. The molecule has 0 saturated heterocycles. The van der Waals surface area contributed by atoms with Gasteiger partial charge in [0, 0.05) is 11.3 Å². The van der Waals surface area contributed by atoms with Crippen LogP contribution in [0.3, 0.4) is 0 Å². The number of nitrogens with zero attached hydrogens (tertiary/aromatic N) is 2. The number of aromatic nitrogens is 2. The molecule has 0 spiro atoms. The minimum absolute atomic E-state index is 0.0299. The number of rotatable bonds is 3. The number of anilines is 1. The molecule has 2 N–H and O–H groups in total. The van der Waals surface area contributed by atoms with Crippen LogP contribution in [0.4, 0.5) is 5.13 Å². The van der Waals surface area contributed by atoms with Crippen molar-refractivity contribution in [2.45, 2.75) is 25.8 Å². The maximum atomic E-state index is 11.2. The van der Waals surface area contributed by atoms with E-state index in [1.807, 2.05) is 13.8 Å². The van der Waals surface area contributed by atoms with Gasteiger partial charge in [-0.3, -0.25) is 0 Å². The van der Waals surface area contributed by atoms with Crippen LogP contribution in [0.5, 0.6) is 0 Å². The van der Waals surface area contributed by atoms with E-state index < -0.39 is 9.84 Å². The summed E-state index contributed by atoms with van der Waals surface area (Å²) in [5.41, 5.74) is 0. The van der Waals surface area contributed by atoms with E-state index in [0.717, 1.165) is 5.01 Å². The summed E-state index contributed by atoms with van der Waals surface area (Å²) in [5, 5.41) is 16.9. The minimum atomic E-state index is -3.08. The van der Waals surface area contributed by atoms with Crippen LogP contribution in [0.15, 0.2) is 11.5 Å². The fourth-order valence-electron chi connectivity index (χ4n) is 1.49. The summed E-state index contributed by atoms with van der Waals surface area (Å²) in [5.74, 6) is 0.347. The molecular weight excluding hydrogens is 304 g/mol. The molecule has 0 saturated carbocycles. The van der Waals surface area contributed by atoms with E-state index in [0.29, 0.717) is 16.2 Å². The standard InChI is InChI=1S/C10H14N4O2S3/c1-6(2)8-13-14-10(18-8)12-9(17)11-7-3-4-19(15,16)5-7/h3-4,6-7H,5H2,1-2H3,(H2,11,12,14,17)/t7-/m0/s1. The van der Waals surface area contributed by atoms with Crippen molar-refractivity contribution in [3.05, 3.63) is 16.5 Å². The van der Waals surface area contributed by atoms with Crippen molar-refractivity contribution in [3.63, 3.8) is 0 Å². The molecule has 6 nitrogen and oxygen atoms in total. The molecule has 1 aliphatic heterocycles. The number of sulfone groups is 1. The molecule has 19 heavy (non-hydrogen) atoms. The Hall–Kier alpha value is -1.06. The molecule has 0 fully saturated rings. The van der Waals surface area contributed by atoms with Gasteiger partial charge < -0.3 is 10.6 Å². The van der Waals surface area contributed by atoms with Crippen LogP contribution in [-0.2, 0) is 9.84 Å². The highest BCUT2D eigenvalue weighted by Crippen LogP contribution is 2.22. The summed E-state index contributed by atoms with van der Waals surface area (Å²) in [6, 6.07) is -0.289. The van der Waals surface area contributed by atoms with E-state index in [9.17, 15) is 8.42 Å². The zero-order valence-electron chi connectivity index (χ0n) is 10.5. The average molecular weight is 318 g/mol. The first-order valence-electron chi connectivity index (χ1n) is 5.67. The summed E-state index contributed by atoms with van der Waals surface area (Å²) in [7, 11) is -3.08. The molecule has 2 heterocycles. The van der Waals surface area contributed by atoms with Gasteiger partial charge in [-0.2, -0.15) is 0 Å². The second kappa shape index (κ2) is 5.51. The first-order chi connectivity index (χ1) is 8.85. The number of hydrogen-bond donors (Lipinski definition) is 2. The lowest BCUT2D eigenvalue weighted by Crippen LogP contribution is -2.38. The Morgan fingerprint density at radius 2 is 2.26 bits per heavy atom. The van der Waals surface area contributed by atoms with Gasteiger partial charge in [-0.05, 0) is 18.3 Å². The van der Waals surface area contributed by atoms with Crippen molar-refractivity contribution in [1.29, 1.82) is 0 Å². The predicted octanol–water partition coefficient (Wildman–Crippen LogP) is 1.26. The minimum Gasteiger partial charge on any atom is -0.355 e. The Kier molecular flexibility index (Phi) is 4.16. The van der Waals surface area contributed by atoms with Gasteiger partial charge in [0.25, 0.3) is 0 Å². The predicted molar refractivity (Wildman–Crippen MR) is 80.1 cm³/mol. The summed E-state index contributed by atoms with van der Waals surface area (Å²) in [4.78, 5) is 0. The highest BCUT2D eigenvalue weighted by molar-refractivity contribution is 7.94. The summed E-state index contributed by atoms with van der Waals surface area (Å²) in [6.07, 6.45) is 1.59. The fraction of sp³-hybridized carbons (Fsp3) is 0.500. The molecule has 0 aromatic carbocycles. The maximum Gasteiger partial charge on any atom is 0.211 e. The Morgan fingerprint density at radius 3 is 2.79 bits per heavy atom. The van der Waals surface area contributed by atoms with Crippen LogP contribution in [0.2, 0.25) is 0 Å². The van der Waals surface area contributed by atoms with E-state index in [1.165, 1.54) is 16.7 Å². The first kappa shape index (κ1) is 14.4. The van der Waals surface area contributed by atoms with Crippen LogP contribution in [0, 0.1) is 0 Å². The molecule has 0 aliphatic carbocycles. The van der Waals surface area contributed by atoms with Crippen LogP contribution in [-0.4, -0.2) is 35.5 Å². The smallest absolute Gasteiger partial charge is 0.211 e. The largest absolute Gasteiger partial charge is 0.355 e. The molecule has 104 valence electrons. The lowest BCUT2D eigenvalue weighted by molar-refractivity contribution is 0.603. The zero-order valence-corrected chi connectivity index (χ0v) is 12.9. The maximum absolute atomic E-state index is 11.2. The van der Waals surface area contributed by atoms with Crippen LogP contribution < -0.4 is 10.6 Å². The SMILES string of the molecule is CC(C)c1nnc(NC(=S)N[C@H]2C=CS(=O)(=O)C2)s1. The third-order valence-electron chi connectivity index (χ3n) is 2.40. The highest BCUT2D eigenvalue weighted by atomic mass is 32.2. The normalized spacial score (nSPS) is 20.7. The van der Waals surface area contributed by atoms with Crippen LogP contribution in [0.25, 0.3) is 0 Å². The van der Waals surface area contributed by atoms with E-state index in [4.69, 9.17) is 12.2 Å². The molecule has 0 radical (unpaired) electrons. The van der Waals surface area contributed by atoms with Gasteiger partial charge in [-0.1, -0.05) is 25.2 Å². The van der Waals surface area contributed by atoms with Crippen LogP contribution >= 0.6 is 23.6 Å². The summed E-state index contributed by atoms with van der Waals surface area (Å²) < 4.78 is 22.5. The third kappa shape index (κ3) is 3.95. The summed E-state index contributed by atoms with van der Waals surface area (Å²) in [6.45, 7) is 4.07. The zero-order chi connectivity index (χ0) is 14.0. The first-order valence-corrected chi connectivity index (χ1v) is 8.61. The van der Waals surface area contributed by atoms with Crippen molar-refractivity contribution in [2.75, 3.05) is 11.1 Å².